The maximum atomic E-state index is 4.80. The summed E-state index contributed by atoms with van der Waals surface area (Å²) in [5, 5.41) is 0. The standard InChI is InChI=1S/C4H12NO2.ClH/c1-5(2,6-3)7-4;/h1-4H3;1H/q+1;/p-1. The summed E-state index contributed by atoms with van der Waals surface area (Å²) in [5.74, 6) is 0. The Balaban J connectivity index is 0. The zero-order valence-electron chi connectivity index (χ0n) is 5.64. The van der Waals surface area contributed by atoms with Gasteiger partial charge in [-0.25, -0.2) is 0 Å². The van der Waals surface area contributed by atoms with Crippen LogP contribution in [0.15, 0.2) is 0 Å². The highest BCUT2D eigenvalue weighted by Gasteiger charge is 2.10. The minimum absolute atomic E-state index is 0. The van der Waals surface area contributed by atoms with E-state index in [1.807, 2.05) is 0 Å². The van der Waals surface area contributed by atoms with Gasteiger partial charge in [0.05, 0.1) is 14.2 Å². The molecular formula is C4H12ClNO2. The molecule has 0 N–H and O–H groups in total. The number of rotatable bonds is 2. The number of halogens is 1. The minimum atomic E-state index is 0. The molecule has 3 nitrogen and oxygen atoms in total. The van der Waals surface area contributed by atoms with Crippen LogP contribution >= 0.6 is 0 Å². The van der Waals surface area contributed by atoms with Crippen molar-refractivity contribution in [3.05, 3.63) is 0 Å². The Labute approximate surface area is 56.1 Å². The molecule has 0 bridgehead atoms. The molecule has 0 aliphatic rings. The summed E-state index contributed by atoms with van der Waals surface area (Å²) in [4.78, 5) is 9.74. The minimum Gasteiger partial charge on any atom is -1.00 e. The van der Waals surface area contributed by atoms with Gasteiger partial charge in [0.1, 0.15) is 14.1 Å². The zero-order chi connectivity index (χ0) is 5.91. The molecular weight excluding hydrogens is 130 g/mol. The fourth-order valence-corrected chi connectivity index (χ4v) is 0.0745. The summed E-state index contributed by atoms with van der Waals surface area (Å²) in [6.07, 6.45) is 0. The van der Waals surface area contributed by atoms with E-state index in [4.69, 9.17) is 9.68 Å². The van der Waals surface area contributed by atoms with E-state index in [-0.39, 0.29) is 17.2 Å². The summed E-state index contributed by atoms with van der Waals surface area (Å²) in [6.45, 7) is 0. The van der Waals surface area contributed by atoms with Crippen molar-refractivity contribution in [1.82, 2.24) is 0 Å². The number of hydrogen-bond donors (Lipinski definition) is 0. The highest BCUT2D eigenvalue weighted by molar-refractivity contribution is 3.70. The highest BCUT2D eigenvalue weighted by atomic mass is 35.5. The molecule has 0 aliphatic heterocycles. The van der Waals surface area contributed by atoms with Crippen molar-refractivity contribution < 1.29 is 26.9 Å². The van der Waals surface area contributed by atoms with Gasteiger partial charge >= 0.3 is 0 Å². The van der Waals surface area contributed by atoms with Crippen LogP contribution in [0, 0.1) is 0 Å². The van der Waals surface area contributed by atoms with Crippen molar-refractivity contribution in [3.63, 3.8) is 0 Å². The predicted octanol–water partition coefficient (Wildman–Crippen LogP) is -2.81. The highest BCUT2D eigenvalue weighted by Crippen LogP contribution is 1.92. The van der Waals surface area contributed by atoms with Crippen molar-refractivity contribution in [3.8, 4) is 0 Å². The Morgan fingerprint density at radius 2 is 1.25 bits per heavy atom. The van der Waals surface area contributed by atoms with E-state index in [0.29, 0.717) is 0 Å². The molecule has 0 atom stereocenters. The lowest BCUT2D eigenvalue weighted by Crippen LogP contribution is -3.00. The molecule has 0 saturated heterocycles. The summed E-state index contributed by atoms with van der Waals surface area (Å²) in [6, 6.07) is 0. The maximum Gasteiger partial charge on any atom is 0.132 e. The molecule has 0 fully saturated rings. The first-order valence-corrected chi connectivity index (χ1v) is 2.08. The Morgan fingerprint density at radius 1 is 1.00 bits per heavy atom. The fourth-order valence-electron chi connectivity index (χ4n) is 0.0745. The third-order valence-corrected chi connectivity index (χ3v) is 0.879. The molecule has 0 amide bonds. The summed E-state index contributed by atoms with van der Waals surface area (Å²) in [7, 11) is 6.76. The second-order valence-electron chi connectivity index (χ2n) is 1.62. The summed E-state index contributed by atoms with van der Waals surface area (Å²) >= 11 is 0. The Kier molecular flexibility index (Phi) is 5.64. The molecule has 0 saturated carbocycles. The van der Waals surface area contributed by atoms with Crippen molar-refractivity contribution >= 4 is 0 Å². The van der Waals surface area contributed by atoms with Gasteiger partial charge in [-0.15, -0.1) is 0 Å². The fraction of sp³-hybridized carbons (Fsp3) is 1.00. The van der Waals surface area contributed by atoms with Crippen LogP contribution in [0.4, 0.5) is 0 Å². The van der Waals surface area contributed by atoms with E-state index in [2.05, 4.69) is 0 Å². The Morgan fingerprint density at radius 3 is 1.25 bits per heavy atom. The molecule has 4 heteroatoms. The Bertz CT molecular complexity index is 52.0. The Hall–Kier alpha value is 0.170. The van der Waals surface area contributed by atoms with Crippen LogP contribution < -0.4 is 12.4 Å². The van der Waals surface area contributed by atoms with Crippen molar-refractivity contribution in [2.75, 3.05) is 28.3 Å². The molecule has 0 heterocycles. The van der Waals surface area contributed by atoms with Gasteiger partial charge in [0.25, 0.3) is 0 Å². The molecule has 8 heavy (non-hydrogen) atoms. The van der Waals surface area contributed by atoms with E-state index < -0.39 is 0 Å². The number of hydrogen-bond acceptors (Lipinski definition) is 2. The summed E-state index contributed by atoms with van der Waals surface area (Å²) < 4.78 is 0. The first kappa shape index (κ1) is 11.0. The number of quaternary nitrogens is 1. The van der Waals surface area contributed by atoms with Crippen molar-refractivity contribution in [2.45, 2.75) is 0 Å². The lowest BCUT2D eigenvalue weighted by Gasteiger charge is -2.18. The second kappa shape index (κ2) is 4.09. The van der Waals surface area contributed by atoms with Gasteiger partial charge in [0.2, 0.25) is 0 Å². The number of nitrogens with zero attached hydrogens (tertiary/aromatic N) is 1. The first-order valence-electron chi connectivity index (χ1n) is 2.08. The lowest BCUT2D eigenvalue weighted by molar-refractivity contribution is -1.22. The third kappa shape index (κ3) is 4.33. The van der Waals surface area contributed by atoms with Gasteiger partial charge in [-0.1, -0.05) is 0 Å². The first-order chi connectivity index (χ1) is 3.12. The molecule has 0 unspecified atom stereocenters. The van der Waals surface area contributed by atoms with Gasteiger partial charge in [-0.2, -0.15) is 9.68 Å². The average Bonchev–Trinajstić information content (AvgIpc) is 1.68. The molecule has 0 aliphatic carbocycles. The normalized spacial score (nSPS) is 10.5. The average molecular weight is 142 g/mol. The molecule has 0 aromatic rings. The van der Waals surface area contributed by atoms with Crippen LogP contribution in [-0.4, -0.2) is 33.1 Å². The molecule has 52 valence electrons. The van der Waals surface area contributed by atoms with Crippen LogP contribution in [0.25, 0.3) is 0 Å². The molecule has 0 aromatic carbocycles. The van der Waals surface area contributed by atoms with Crippen molar-refractivity contribution in [2.24, 2.45) is 0 Å². The topological polar surface area (TPSA) is 18.5 Å². The van der Waals surface area contributed by atoms with Gasteiger partial charge in [-0.3, -0.25) is 0 Å². The van der Waals surface area contributed by atoms with E-state index in [9.17, 15) is 0 Å². The zero-order valence-corrected chi connectivity index (χ0v) is 6.40. The van der Waals surface area contributed by atoms with E-state index >= 15 is 0 Å². The van der Waals surface area contributed by atoms with Gasteiger partial charge in [0.15, 0.2) is 0 Å². The summed E-state index contributed by atoms with van der Waals surface area (Å²) in [5.41, 5.74) is 0. The quantitative estimate of drug-likeness (QED) is 0.305. The van der Waals surface area contributed by atoms with Gasteiger partial charge in [-0.05, 0) is 4.81 Å². The lowest BCUT2D eigenvalue weighted by atomic mass is 11.1. The molecule has 0 spiro atoms. The van der Waals surface area contributed by atoms with Gasteiger partial charge in [0, 0.05) is 0 Å². The monoisotopic (exact) mass is 141 g/mol. The largest absolute Gasteiger partial charge is 1.00 e. The van der Waals surface area contributed by atoms with Gasteiger partial charge < -0.3 is 12.4 Å². The SMILES string of the molecule is CO[N+](C)(C)OC.[Cl-]. The smallest absolute Gasteiger partial charge is 0.132 e. The van der Waals surface area contributed by atoms with E-state index in [0.717, 1.165) is 0 Å². The van der Waals surface area contributed by atoms with Crippen LogP contribution in [0.5, 0.6) is 0 Å². The van der Waals surface area contributed by atoms with E-state index in [1.54, 1.807) is 28.3 Å². The van der Waals surface area contributed by atoms with Crippen LogP contribution in [-0.2, 0) is 9.68 Å². The van der Waals surface area contributed by atoms with E-state index in [1.165, 1.54) is 0 Å². The number of hydroxylamine groups is 4. The van der Waals surface area contributed by atoms with Crippen LogP contribution in [0.1, 0.15) is 0 Å². The molecule has 0 rings (SSSR count). The van der Waals surface area contributed by atoms with Crippen LogP contribution in [0.3, 0.4) is 0 Å². The second-order valence-corrected chi connectivity index (χ2v) is 1.62. The van der Waals surface area contributed by atoms with Crippen LogP contribution in [0.2, 0.25) is 0 Å². The predicted molar refractivity (Wildman–Crippen MR) is 26.1 cm³/mol. The molecule has 0 radical (unpaired) electrons. The maximum absolute atomic E-state index is 4.80. The third-order valence-electron chi connectivity index (χ3n) is 0.879. The van der Waals surface area contributed by atoms with Crippen molar-refractivity contribution in [1.29, 1.82) is 0 Å². The molecule has 0 aromatic heterocycles.